The summed E-state index contributed by atoms with van der Waals surface area (Å²) in [6.45, 7) is 7.58. The second-order valence-electron chi connectivity index (χ2n) is 11.7. The Kier molecular flexibility index (Phi) is 8.56. The van der Waals surface area contributed by atoms with Crippen molar-refractivity contribution in [2.24, 2.45) is 5.92 Å². The molecule has 7 nitrogen and oxygen atoms in total. The van der Waals surface area contributed by atoms with Gasteiger partial charge in [0.15, 0.2) is 0 Å². The number of nitrogens with zero attached hydrogens (tertiary/aromatic N) is 5. The Labute approximate surface area is 262 Å². The third-order valence-corrected chi connectivity index (χ3v) is 7.88. The Bertz CT molecular complexity index is 1880. The lowest BCUT2D eigenvalue weighted by Crippen LogP contribution is -2.43. The van der Waals surface area contributed by atoms with Crippen LogP contribution in [0.2, 0.25) is 0 Å². The molecule has 0 radical (unpaired) electrons. The van der Waals surface area contributed by atoms with Crippen molar-refractivity contribution in [2.45, 2.75) is 39.5 Å². The zero-order valence-corrected chi connectivity index (χ0v) is 25.4. The van der Waals surface area contributed by atoms with Crippen LogP contribution in [0.25, 0.3) is 33.4 Å². The molecule has 5 heterocycles. The van der Waals surface area contributed by atoms with E-state index in [4.69, 9.17) is 4.74 Å². The molecule has 0 saturated carbocycles. The standard InChI is InChI=1S/C34H31F5N6O/c1-19(2)10-24-18-45(8-9-46-24)30-14-28(25(17-42-30)21-11-22(16-40-15-21)34(37,38)39)43-33-20(3)32(27-6-4-5-7-41-27)44-29-13-23(35)12-26(36)31(29)33/h4-7,11-17,19,24H,8-10,18H2,1-3H3,(H,42,43,44). The van der Waals surface area contributed by atoms with E-state index in [1.54, 1.807) is 37.4 Å². The van der Waals surface area contributed by atoms with Crippen molar-refractivity contribution >= 4 is 28.1 Å². The van der Waals surface area contributed by atoms with Crippen LogP contribution in [0.4, 0.5) is 39.1 Å². The van der Waals surface area contributed by atoms with E-state index in [-0.39, 0.29) is 28.3 Å². The topological polar surface area (TPSA) is 76.1 Å². The lowest BCUT2D eigenvalue weighted by molar-refractivity contribution is -0.137. The minimum Gasteiger partial charge on any atom is -0.375 e. The van der Waals surface area contributed by atoms with E-state index < -0.39 is 23.4 Å². The van der Waals surface area contributed by atoms with Crippen LogP contribution >= 0.6 is 0 Å². The number of aromatic nitrogens is 4. The molecule has 1 aromatic carbocycles. The largest absolute Gasteiger partial charge is 0.417 e. The maximum atomic E-state index is 15.5. The van der Waals surface area contributed by atoms with Crippen molar-refractivity contribution in [1.29, 1.82) is 0 Å². The van der Waals surface area contributed by atoms with Crippen LogP contribution in [-0.4, -0.2) is 45.7 Å². The highest BCUT2D eigenvalue weighted by Gasteiger charge is 2.32. The Morgan fingerprint density at radius 3 is 2.61 bits per heavy atom. The predicted molar refractivity (Wildman–Crippen MR) is 167 cm³/mol. The summed E-state index contributed by atoms with van der Waals surface area (Å²) in [6.07, 6.45) is 1.35. The van der Waals surface area contributed by atoms with Crippen LogP contribution in [0.5, 0.6) is 0 Å². The number of halogens is 5. The summed E-state index contributed by atoms with van der Waals surface area (Å²) in [4.78, 5) is 19.5. The lowest BCUT2D eigenvalue weighted by Gasteiger charge is -2.35. The van der Waals surface area contributed by atoms with Crippen molar-refractivity contribution in [2.75, 3.05) is 29.9 Å². The Morgan fingerprint density at radius 1 is 1.04 bits per heavy atom. The number of morpholine rings is 1. The highest BCUT2D eigenvalue weighted by Crippen LogP contribution is 2.41. The van der Waals surface area contributed by atoms with Crippen molar-refractivity contribution in [1.82, 2.24) is 19.9 Å². The van der Waals surface area contributed by atoms with Gasteiger partial charge in [0, 0.05) is 72.8 Å². The summed E-state index contributed by atoms with van der Waals surface area (Å²) < 4.78 is 77.0. The van der Waals surface area contributed by atoms with E-state index >= 15 is 4.39 Å². The second kappa shape index (κ2) is 12.6. The first kappa shape index (κ1) is 31.3. The van der Waals surface area contributed by atoms with Gasteiger partial charge in [0.25, 0.3) is 0 Å². The highest BCUT2D eigenvalue weighted by molar-refractivity contribution is 5.99. The van der Waals surface area contributed by atoms with Crippen LogP contribution in [0.1, 0.15) is 31.4 Å². The van der Waals surface area contributed by atoms with Crippen molar-refractivity contribution in [3.05, 3.63) is 90.0 Å². The van der Waals surface area contributed by atoms with Crippen LogP contribution < -0.4 is 10.2 Å². The number of fused-ring (bicyclic) bond motifs is 1. The molecule has 0 bridgehead atoms. The minimum atomic E-state index is -4.62. The van der Waals surface area contributed by atoms with E-state index in [0.29, 0.717) is 59.6 Å². The number of pyridine rings is 4. The minimum absolute atomic E-state index is 0.0180. The summed E-state index contributed by atoms with van der Waals surface area (Å²) in [5.41, 5.74) is 1.58. The number of benzene rings is 1. The van der Waals surface area contributed by atoms with E-state index in [1.165, 1.54) is 12.4 Å². The Balaban J connectivity index is 1.53. The summed E-state index contributed by atoms with van der Waals surface area (Å²) >= 11 is 0. The molecular weight excluding hydrogens is 603 g/mol. The Hall–Kier alpha value is -4.71. The fourth-order valence-electron chi connectivity index (χ4n) is 5.74. The average Bonchev–Trinajstić information content (AvgIpc) is 3.02. The third-order valence-electron chi connectivity index (χ3n) is 7.88. The summed E-state index contributed by atoms with van der Waals surface area (Å²) in [7, 11) is 0. The SMILES string of the molecule is Cc1c(-c2ccccn2)nc2cc(F)cc(F)c2c1Nc1cc(N2CCOC(CC(C)C)C2)ncc1-c1cncc(C(F)(F)F)c1. The maximum Gasteiger partial charge on any atom is 0.417 e. The van der Waals surface area contributed by atoms with Crippen LogP contribution in [0, 0.1) is 24.5 Å². The predicted octanol–water partition coefficient (Wildman–Crippen LogP) is 8.35. The molecule has 1 aliphatic rings. The molecule has 4 aromatic heterocycles. The smallest absolute Gasteiger partial charge is 0.375 e. The van der Waals surface area contributed by atoms with Crippen molar-refractivity contribution in [3.8, 4) is 22.5 Å². The molecule has 1 saturated heterocycles. The average molecular weight is 635 g/mol. The number of hydrogen-bond acceptors (Lipinski definition) is 7. The number of nitrogens with one attached hydrogen (secondary N) is 1. The third kappa shape index (κ3) is 6.48. The number of alkyl halides is 3. The van der Waals surface area contributed by atoms with Gasteiger partial charge < -0.3 is 15.0 Å². The van der Waals surface area contributed by atoms with Crippen LogP contribution in [-0.2, 0) is 10.9 Å². The molecule has 0 aliphatic carbocycles. The van der Waals surface area contributed by atoms with Crippen LogP contribution in [0.3, 0.4) is 0 Å². The number of anilines is 3. The van der Waals surface area contributed by atoms with Crippen LogP contribution in [0.15, 0.2) is 67.3 Å². The quantitative estimate of drug-likeness (QED) is 0.180. The van der Waals surface area contributed by atoms with Gasteiger partial charge in [0.1, 0.15) is 17.5 Å². The van der Waals surface area contributed by atoms with Gasteiger partial charge in [0.05, 0.1) is 51.9 Å². The molecule has 238 valence electrons. The first-order valence-electron chi connectivity index (χ1n) is 14.8. The molecule has 0 spiro atoms. The van der Waals surface area contributed by atoms with Gasteiger partial charge in [-0.05, 0) is 37.5 Å². The molecule has 1 unspecified atom stereocenters. The second-order valence-corrected chi connectivity index (χ2v) is 11.7. The molecule has 12 heteroatoms. The first-order valence-corrected chi connectivity index (χ1v) is 14.8. The summed E-state index contributed by atoms with van der Waals surface area (Å²) in [5.74, 6) is -0.663. The molecule has 1 N–H and O–H groups in total. The molecule has 6 rings (SSSR count). The summed E-state index contributed by atoms with van der Waals surface area (Å²) in [5, 5.41) is 3.32. The van der Waals surface area contributed by atoms with Gasteiger partial charge in [0.2, 0.25) is 0 Å². The molecule has 0 amide bonds. The molecule has 1 aliphatic heterocycles. The lowest BCUT2D eigenvalue weighted by atomic mass is 10.0. The highest BCUT2D eigenvalue weighted by atomic mass is 19.4. The zero-order valence-electron chi connectivity index (χ0n) is 25.4. The van der Waals surface area contributed by atoms with E-state index in [0.717, 1.165) is 30.8 Å². The normalized spacial score (nSPS) is 15.5. The number of ether oxygens (including phenoxy) is 1. The molecule has 1 atom stereocenters. The van der Waals surface area contributed by atoms with Gasteiger partial charge in [-0.2, -0.15) is 13.2 Å². The zero-order chi connectivity index (χ0) is 32.6. The molecule has 5 aromatic rings. The van der Waals surface area contributed by atoms with E-state index in [2.05, 4.69) is 44.0 Å². The monoisotopic (exact) mass is 634 g/mol. The number of rotatable bonds is 7. The Morgan fingerprint density at radius 2 is 1.87 bits per heavy atom. The molecular formula is C34H31F5N6O. The summed E-state index contributed by atoms with van der Waals surface area (Å²) in [6, 6.07) is 9.87. The van der Waals surface area contributed by atoms with Gasteiger partial charge in [-0.15, -0.1) is 0 Å². The molecule has 46 heavy (non-hydrogen) atoms. The van der Waals surface area contributed by atoms with Gasteiger partial charge in [-0.3, -0.25) is 9.97 Å². The maximum absolute atomic E-state index is 15.5. The van der Waals surface area contributed by atoms with Gasteiger partial charge >= 0.3 is 6.18 Å². The number of hydrogen-bond donors (Lipinski definition) is 1. The molecule has 1 fully saturated rings. The first-order chi connectivity index (χ1) is 22.0. The van der Waals surface area contributed by atoms with Crippen molar-refractivity contribution < 1.29 is 26.7 Å². The van der Waals surface area contributed by atoms with E-state index in [9.17, 15) is 17.6 Å². The van der Waals surface area contributed by atoms with Gasteiger partial charge in [-0.25, -0.2) is 18.7 Å². The van der Waals surface area contributed by atoms with Gasteiger partial charge in [-0.1, -0.05) is 19.9 Å². The van der Waals surface area contributed by atoms with E-state index in [1.807, 2.05) is 0 Å². The van der Waals surface area contributed by atoms with Crippen molar-refractivity contribution in [3.63, 3.8) is 0 Å². The fraction of sp³-hybridized carbons (Fsp3) is 0.294. The fourth-order valence-corrected chi connectivity index (χ4v) is 5.74.